The Morgan fingerprint density at radius 3 is 2.11 bits per heavy atom. The van der Waals surface area contributed by atoms with Crippen LogP contribution in [0.15, 0.2) is 11.1 Å². The fourth-order valence-corrected chi connectivity index (χ4v) is 0.322. The van der Waals surface area contributed by atoms with Crippen LogP contribution in [0.5, 0.6) is 0 Å². The van der Waals surface area contributed by atoms with E-state index in [0.29, 0.717) is 5.03 Å². The first kappa shape index (κ1) is 8.52. The Hall–Kier alpha value is -0.480. The van der Waals surface area contributed by atoms with Crippen LogP contribution in [0.1, 0.15) is 20.8 Å². The molecule has 0 unspecified atom stereocenters. The second-order valence-corrected chi connectivity index (χ2v) is 3.28. The summed E-state index contributed by atoms with van der Waals surface area (Å²) in [4.78, 5) is 0. The van der Waals surface area contributed by atoms with Gasteiger partial charge in [-0.2, -0.15) is 5.26 Å². The van der Waals surface area contributed by atoms with Gasteiger partial charge in [-0.3, -0.25) is 0 Å². The summed E-state index contributed by atoms with van der Waals surface area (Å²) >= 11 is 5.70. The molecule has 0 aromatic carbocycles. The van der Waals surface area contributed by atoms with E-state index in [9.17, 15) is 0 Å². The van der Waals surface area contributed by atoms with Gasteiger partial charge in [-0.25, -0.2) is 0 Å². The molecule has 2 heteroatoms. The molecular weight excluding hydrogens is 134 g/mol. The highest BCUT2D eigenvalue weighted by molar-refractivity contribution is 6.30. The number of rotatable bonds is 0. The molecule has 0 aromatic heterocycles. The van der Waals surface area contributed by atoms with E-state index in [1.54, 1.807) is 0 Å². The van der Waals surface area contributed by atoms with Crippen molar-refractivity contribution >= 4 is 11.6 Å². The Labute approximate surface area is 60.9 Å². The van der Waals surface area contributed by atoms with Crippen LogP contribution in [-0.4, -0.2) is 0 Å². The maximum absolute atomic E-state index is 8.19. The molecule has 0 aliphatic carbocycles. The fraction of sp³-hybridized carbons (Fsp3) is 0.571. The minimum absolute atomic E-state index is 0.0860. The van der Waals surface area contributed by atoms with Crippen molar-refractivity contribution in [3.8, 4) is 6.07 Å². The number of hydrogen-bond donors (Lipinski definition) is 0. The first-order valence-corrected chi connectivity index (χ1v) is 3.12. The van der Waals surface area contributed by atoms with Crippen molar-refractivity contribution in [2.45, 2.75) is 20.8 Å². The highest BCUT2D eigenvalue weighted by Gasteiger charge is 2.13. The normalized spacial score (nSPS) is 13.0. The Morgan fingerprint density at radius 2 is 2.00 bits per heavy atom. The monoisotopic (exact) mass is 143 g/mol. The van der Waals surface area contributed by atoms with Gasteiger partial charge < -0.3 is 0 Å². The van der Waals surface area contributed by atoms with Gasteiger partial charge in [0.05, 0.1) is 6.07 Å². The molecule has 0 radical (unpaired) electrons. The standard InChI is InChI=1S/C7H10ClN/c1-7(2,3)6(8)4-5-9/h4H,1-3H3/b6-4-. The van der Waals surface area contributed by atoms with Crippen LogP contribution in [0.2, 0.25) is 0 Å². The van der Waals surface area contributed by atoms with Gasteiger partial charge in [-0.05, 0) is 5.41 Å². The van der Waals surface area contributed by atoms with Crippen LogP contribution in [0.25, 0.3) is 0 Å². The van der Waals surface area contributed by atoms with E-state index in [2.05, 4.69) is 0 Å². The summed E-state index contributed by atoms with van der Waals surface area (Å²) in [5.41, 5.74) is -0.0860. The largest absolute Gasteiger partial charge is 0.193 e. The number of hydrogen-bond acceptors (Lipinski definition) is 1. The Morgan fingerprint density at radius 1 is 1.56 bits per heavy atom. The number of halogens is 1. The Bertz CT molecular complexity index is 157. The number of nitriles is 1. The summed E-state index contributed by atoms with van der Waals surface area (Å²) in [7, 11) is 0. The van der Waals surface area contributed by atoms with Crippen molar-refractivity contribution in [1.82, 2.24) is 0 Å². The highest BCUT2D eigenvalue weighted by atomic mass is 35.5. The van der Waals surface area contributed by atoms with E-state index >= 15 is 0 Å². The van der Waals surface area contributed by atoms with E-state index in [1.165, 1.54) is 6.08 Å². The van der Waals surface area contributed by atoms with E-state index in [1.807, 2.05) is 26.8 Å². The van der Waals surface area contributed by atoms with E-state index in [0.717, 1.165) is 0 Å². The zero-order chi connectivity index (χ0) is 7.49. The topological polar surface area (TPSA) is 23.8 Å². The van der Waals surface area contributed by atoms with Crippen molar-refractivity contribution in [3.05, 3.63) is 11.1 Å². The van der Waals surface area contributed by atoms with Crippen LogP contribution in [0.4, 0.5) is 0 Å². The first-order chi connectivity index (χ1) is 3.98. The molecule has 50 valence electrons. The zero-order valence-corrected chi connectivity index (χ0v) is 6.66. The number of nitrogens with zero attached hydrogens (tertiary/aromatic N) is 1. The van der Waals surface area contributed by atoms with Gasteiger partial charge >= 0.3 is 0 Å². The Kier molecular flexibility index (Phi) is 2.73. The summed E-state index contributed by atoms with van der Waals surface area (Å²) < 4.78 is 0. The van der Waals surface area contributed by atoms with Crippen LogP contribution < -0.4 is 0 Å². The maximum atomic E-state index is 8.19. The lowest BCUT2D eigenvalue weighted by Crippen LogP contribution is -2.03. The summed E-state index contributed by atoms with van der Waals surface area (Å²) in [5.74, 6) is 0. The SMILES string of the molecule is CC(C)(C)/C(Cl)=C/C#N. The zero-order valence-electron chi connectivity index (χ0n) is 5.90. The van der Waals surface area contributed by atoms with Crippen molar-refractivity contribution in [3.63, 3.8) is 0 Å². The van der Waals surface area contributed by atoms with Gasteiger partial charge in [0.15, 0.2) is 0 Å². The molecule has 1 nitrogen and oxygen atoms in total. The van der Waals surface area contributed by atoms with Crippen molar-refractivity contribution < 1.29 is 0 Å². The summed E-state index contributed by atoms with van der Waals surface area (Å²) in [6.45, 7) is 5.88. The minimum atomic E-state index is -0.0860. The lowest BCUT2D eigenvalue weighted by molar-refractivity contribution is 0.531. The highest BCUT2D eigenvalue weighted by Crippen LogP contribution is 2.27. The molecule has 0 atom stereocenters. The molecule has 0 bridgehead atoms. The lowest BCUT2D eigenvalue weighted by Gasteiger charge is -2.15. The van der Waals surface area contributed by atoms with Gasteiger partial charge in [0.1, 0.15) is 0 Å². The summed E-state index contributed by atoms with van der Waals surface area (Å²) in [6, 6.07) is 1.88. The van der Waals surface area contributed by atoms with Crippen LogP contribution in [-0.2, 0) is 0 Å². The average molecular weight is 144 g/mol. The summed E-state index contributed by atoms with van der Waals surface area (Å²) in [5, 5.41) is 8.79. The van der Waals surface area contributed by atoms with E-state index in [4.69, 9.17) is 16.9 Å². The van der Waals surface area contributed by atoms with Crippen molar-refractivity contribution in [1.29, 1.82) is 5.26 Å². The van der Waals surface area contributed by atoms with Gasteiger partial charge in [-0.15, -0.1) is 0 Å². The summed E-state index contributed by atoms with van der Waals surface area (Å²) in [6.07, 6.45) is 1.36. The van der Waals surface area contributed by atoms with E-state index < -0.39 is 0 Å². The average Bonchev–Trinajstić information content (AvgIpc) is 1.64. The molecule has 0 N–H and O–H groups in total. The number of allylic oxidation sites excluding steroid dienone is 2. The van der Waals surface area contributed by atoms with Gasteiger partial charge in [0, 0.05) is 11.1 Å². The third kappa shape index (κ3) is 3.16. The fourth-order valence-electron chi connectivity index (χ4n) is 0.273. The smallest absolute Gasteiger partial charge is 0.0924 e. The first-order valence-electron chi connectivity index (χ1n) is 2.74. The quantitative estimate of drug-likeness (QED) is 0.479. The molecule has 0 spiro atoms. The molecule has 0 fully saturated rings. The third-order valence-electron chi connectivity index (χ3n) is 0.908. The molecule has 0 heterocycles. The van der Waals surface area contributed by atoms with Crippen LogP contribution in [0.3, 0.4) is 0 Å². The van der Waals surface area contributed by atoms with Gasteiger partial charge in [-0.1, -0.05) is 32.4 Å². The molecule has 0 aliphatic rings. The molecule has 0 aromatic rings. The molecule has 0 amide bonds. The molecule has 9 heavy (non-hydrogen) atoms. The Balaban J connectivity index is 4.25. The molecule has 0 aliphatic heterocycles. The molecule has 0 saturated carbocycles. The van der Waals surface area contributed by atoms with Crippen molar-refractivity contribution in [2.24, 2.45) is 5.41 Å². The molecule has 0 rings (SSSR count). The minimum Gasteiger partial charge on any atom is -0.193 e. The maximum Gasteiger partial charge on any atom is 0.0924 e. The van der Waals surface area contributed by atoms with Gasteiger partial charge in [0.2, 0.25) is 0 Å². The lowest BCUT2D eigenvalue weighted by atomic mass is 9.96. The van der Waals surface area contributed by atoms with Crippen LogP contribution in [0, 0.1) is 16.7 Å². The second-order valence-electron chi connectivity index (χ2n) is 2.87. The van der Waals surface area contributed by atoms with Crippen LogP contribution >= 0.6 is 11.6 Å². The van der Waals surface area contributed by atoms with Crippen molar-refractivity contribution in [2.75, 3.05) is 0 Å². The van der Waals surface area contributed by atoms with E-state index in [-0.39, 0.29) is 5.41 Å². The molecule has 0 saturated heterocycles. The molecular formula is C7H10ClN. The van der Waals surface area contributed by atoms with Gasteiger partial charge in [0.25, 0.3) is 0 Å². The third-order valence-corrected chi connectivity index (χ3v) is 1.58. The predicted molar refractivity (Wildman–Crippen MR) is 39.0 cm³/mol. The predicted octanol–water partition coefficient (Wildman–Crippen LogP) is 2.68. The second kappa shape index (κ2) is 2.89.